The summed E-state index contributed by atoms with van der Waals surface area (Å²) in [6.07, 6.45) is 2.34. The predicted molar refractivity (Wildman–Crippen MR) is 66.7 cm³/mol. The largest absolute Gasteiger partial charge is 0.381 e. The number of ether oxygens (including phenoxy) is 1. The summed E-state index contributed by atoms with van der Waals surface area (Å²) in [7, 11) is 0. The maximum atomic E-state index is 5.35. The van der Waals surface area contributed by atoms with Crippen LogP contribution in [-0.4, -0.2) is 26.3 Å². The molecule has 0 amide bonds. The number of hydrogen-bond donors (Lipinski definition) is 1. The van der Waals surface area contributed by atoms with E-state index in [0.717, 1.165) is 38.6 Å². The third-order valence-corrected chi connectivity index (χ3v) is 3.13. The minimum atomic E-state index is 0.734. The van der Waals surface area contributed by atoms with Gasteiger partial charge in [0, 0.05) is 13.2 Å². The van der Waals surface area contributed by atoms with E-state index in [1.807, 2.05) is 0 Å². The molecule has 2 nitrogen and oxygen atoms in total. The van der Waals surface area contributed by atoms with E-state index in [9.17, 15) is 0 Å². The third-order valence-electron chi connectivity index (χ3n) is 3.13. The van der Waals surface area contributed by atoms with Gasteiger partial charge in [-0.1, -0.05) is 29.8 Å². The number of rotatable bonds is 5. The zero-order valence-electron chi connectivity index (χ0n) is 10.0. The van der Waals surface area contributed by atoms with Gasteiger partial charge in [-0.25, -0.2) is 0 Å². The predicted octanol–water partition coefficient (Wildman–Crippen LogP) is 2.16. The van der Waals surface area contributed by atoms with Crippen molar-refractivity contribution in [3.8, 4) is 0 Å². The second-order valence-electron chi connectivity index (χ2n) is 4.67. The monoisotopic (exact) mass is 219 g/mol. The molecule has 1 saturated heterocycles. The molecular formula is C14H21NO. The van der Waals surface area contributed by atoms with Gasteiger partial charge in [-0.3, -0.25) is 0 Å². The Balaban J connectivity index is 1.64. The Labute approximate surface area is 98.0 Å². The molecule has 1 aromatic rings. The second-order valence-corrected chi connectivity index (χ2v) is 4.67. The highest BCUT2D eigenvalue weighted by molar-refractivity contribution is 5.22. The molecule has 16 heavy (non-hydrogen) atoms. The Kier molecular flexibility index (Phi) is 4.37. The van der Waals surface area contributed by atoms with E-state index in [1.54, 1.807) is 0 Å². The first-order valence-electron chi connectivity index (χ1n) is 6.18. The lowest BCUT2D eigenvalue weighted by Crippen LogP contribution is -2.25. The van der Waals surface area contributed by atoms with Crippen molar-refractivity contribution in [3.63, 3.8) is 0 Å². The molecule has 1 aliphatic rings. The lowest BCUT2D eigenvalue weighted by Gasteiger charge is -2.09. The molecule has 0 aromatic heterocycles. The summed E-state index contributed by atoms with van der Waals surface area (Å²) < 4.78 is 5.35. The van der Waals surface area contributed by atoms with E-state index in [4.69, 9.17) is 4.74 Å². The number of benzene rings is 1. The summed E-state index contributed by atoms with van der Waals surface area (Å²) in [5, 5.41) is 3.52. The number of nitrogens with one attached hydrogen (secondary N) is 1. The van der Waals surface area contributed by atoms with Gasteiger partial charge in [-0.2, -0.15) is 0 Å². The summed E-state index contributed by atoms with van der Waals surface area (Å²) in [6.45, 7) is 6.21. The molecule has 1 aromatic carbocycles. The van der Waals surface area contributed by atoms with Crippen LogP contribution in [0.15, 0.2) is 24.3 Å². The summed E-state index contributed by atoms with van der Waals surface area (Å²) in [5.41, 5.74) is 2.77. The second kappa shape index (κ2) is 6.02. The van der Waals surface area contributed by atoms with Crippen molar-refractivity contribution in [2.45, 2.75) is 19.8 Å². The molecule has 0 bridgehead atoms. The highest BCUT2D eigenvalue weighted by Crippen LogP contribution is 2.10. The average Bonchev–Trinajstić information content (AvgIpc) is 2.77. The highest BCUT2D eigenvalue weighted by Gasteiger charge is 2.14. The summed E-state index contributed by atoms with van der Waals surface area (Å²) in [6, 6.07) is 8.75. The summed E-state index contributed by atoms with van der Waals surface area (Å²) in [5.74, 6) is 0.734. The van der Waals surface area contributed by atoms with Crippen LogP contribution >= 0.6 is 0 Å². The van der Waals surface area contributed by atoms with Crippen LogP contribution < -0.4 is 5.32 Å². The van der Waals surface area contributed by atoms with Gasteiger partial charge >= 0.3 is 0 Å². The number of hydrogen-bond acceptors (Lipinski definition) is 2. The molecular weight excluding hydrogens is 198 g/mol. The normalized spacial score (nSPS) is 20.2. The average molecular weight is 219 g/mol. The van der Waals surface area contributed by atoms with Crippen molar-refractivity contribution in [1.82, 2.24) is 5.32 Å². The molecule has 0 spiro atoms. The van der Waals surface area contributed by atoms with Crippen molar-refractivity contribution in [1.29, 1.82) is 0 Å². The van der Waals surface area contributed by atoms with Crippen molar-refractivity contribution < 1.29 is 4.74 Å². The van der Waals surface area contributed by atoms with Crippen molar-refractivity contribution in [2.24, 2.45) is 5.92 Å². The van der Waals surface area contributed by atoms with Crippen LogP contribution in [0, 0.1) is 12.8 Å². The maximum absolute atomic E-state index is 5.35. The van der Waals surface area contributed by atoms with E-state index >= 15 is 0 Å². The van der Waals surface area contributed by atoms with Crippen molar-refractivity contribution in [2.75, 3.05) is 26.3 Å². The van der Waals surface area contributed by atoms with Crippen LogP contribution in [-0.2, 0) is 11.2 Å². The van der Waals surface area contributed by atoms with E-state index in [0.29, 0.717) is 0 Å². The van der Waals surface area contributed by atoms with Gasteiger partial charge in [0.15, 0.2) is 0 Å². The van der Waals surface area contributed by atoms with Crippen LogP contribution in [0.4, 0.5) is 0 Å². The van der Waals surface area contributed by atoms with Gasteiger partial charge in [0.25, 0.3) is 0 Å². The SMILES string of the molecule is Cc1cccc(CCNCC2CCOC2)c1. The molecule has 0 aliphatic carbocycles. The minimum Gasteiger partial charge on any atom is -0.381 e. The fourth-order valence-electron chi connectivity index (χ4n) is 2.15. The Hall–Kier alpha value is -0.860. The molecule has 88 valence electrons. The fourth-order valence-corrected chi connectivity index (χ4v) is 2.15. The molecule has 1 aliphatic heterocycles. The Morgan fingerprint density at radius 3 is 3.12 bits per heavy atom. The van der Waals surface area contributed by atoms with E-state index in [1.165, 1.54) is 17.5 Å². The maximum Gasteiger partial charge on any atom is 0.0507 e. The standard InChI is InChI=1S/C14H21NO/c1-12-3-2-4-13(9-12)5-7-15-10-14-6-8-16-11-14/h2-4,9,14-15H,5-8,10-11H2,1H3. The van der Waals surface area contributed by atoms with Gasteiger partial charge in [-0.15, -0.1) is 0 Å². The van der Waals surface area contributed by atoms with Crippen LogP contribution in [0.2, 0.25) is 0 Å². The van der Waals surface area contributed by atoms with Crippen LogP contribution in [0.5, 0.6) is 0 Å². The molecule has 2 heteroatoms. The van der Waals surface area contributed by atoms with Gasteiger partial charge in [-0.05, 0) is 37.8 Å². The lowest BCUT2D eigenvalue weighted by atomic mass is 10.1. The Bertz CT molecular complexity index is 318. The molecule has 1 heterocycles. The molecule has 0 radical (unpaired) electrons. The van der Waals surface area contributed by atoms with Crippen molar-refractivity contribution in [3.05, 3.63) is 35.4 Å². The first-order valence-corrected chi connectivity index (χ1v) is 6.18. The van der Waals surface area contributed by atoms with Gasteiger partial charge in [0.05, 0.1) is 6.61 Å². The molecule has 2 rings (SSSR count). The Morgan fingerprint density at radius 2 is 2.38 bits per heavy atom. The molecule has 1 unspecified atom stereocenters. The van der Waals surface area contributed by atoms with Crippen LogP contribution in [0.25, 0.3) is 0 Å². The van der Waals surface area contributed by atoms with Crippen molar-refractivity contribution >= 4 is 0 Å². The first-order chi connectivity index (χ1) is 7.84. The lowest BCUT2D eigenvalue weighted by molar-refractivity contribution is 0.185. The highest BCUT2D eigenvalue weighted by atomic mass is 16.5. The van der Waals surface area contributed by atoms with E-state index in [-0.39, 0.29) is 0 Å². The fraction of sp³-hybridized carbons (Fsp3) is 0.571. The molecule has 1 N–H and O–H groups in total. The zero-order valence-corrected chi connectivity index (χ0v) is 10.0. The van der Waals surface area contributed by atoms with Crippen LogP contribution in [0.1, 0.15) is 17.5 Å². The smallest absolute Gasteiger partial charge is 0.0507 e. The molecule has 1 atom stereocenters. The van der Waals surface area contributed by atoms with E-state index in [2.05, 4.69) is 36.5 Å². The summed E-state index contributed by atoms with van der Waals surface area (Å²) in [4.78, 5) is 0. The number of aryl methyl sites for hydroxylation is 1. The minimum absolute atomic E-state index is 0.734. The van der Waals surface area contributed by atoms with E-state index < -0.39 is 0 Å². The topological polar surface area (TPSA) is 21.3 Å². The molecule has 0 saturated carbocycles. The molecule has 1 fully saturated rings. The summed E-state index contributed by atoms with van der Waals surface area (Å²) >= 11 is 0. The van der Waals surface area contributed by atoms with Gasteiger partial charge < -0.3 is 10.1 Å². The zero-order chi connectivity index (χ0) is 11.2. The van der Waals surface area contributed by atoms with Gasteiger partial charge in [0.2, 0.25) is 0 Å². The van der Waals surface area contributed by atoms with Crippen LogP contribution in [0.3, 0.4) is 0 Å². The quantitative estimate of drug-likeness (QED) is 0.766. The third kappa shape index (κ3) is 3.62. The first kappa shape index (κ1) is 11.6. The Morgan fingerprint density at radius 1 is 1.44 bits per heavy atom. The van der Waals surface area contributed by atoms with Gasteiger partial charge in [0.1, 0.15) is 0 Å².